The second kappa shape index (κ2) is 6.64. The number of carbonyl (C=O) groups is 1. The maximum atomic E-state index is 12.8. The lowest BCUT2D eigenvalue weighted by molar-refractivity contribution is 0.000335. The summed E-state index contributed by atoms with van der Waals surface area (Å²) in [5, 5.41) is 14.8. The molecule has 2 aromatic rings. The highest BCUT2D eigenvalue weighted by molar-refractivity contribution is 5.94. The minimum Gasteiger partial charge on any atom is -0.388 e. The Kier molecular flexibility index (Phi) is 4.69. The van der Waals surface area contributed by atoms with Crippen molar-refractivity contribution in [1.29, 1.82) is 0 Å². The Balaban J connectivity index is 1.73. The van der Waals surface area contributed by atoms with Crippen LogP contribution in [0.2, 0.25) is 0 Å². The molecule has 0 spiro atoms. The predicted molar refractivity (Wildman–Crippen MR) is 97.6 cm³/mol. The average Bonchev–Trinajstić information content (AvgIpc) is 3.14. The lowest BCUT2D eigenvalue weighted by atomic mass is 9.96. The predicted octanol–water partition coefficient (Wildman–Crippen LogP) is 2.92. The molecule has 1 aliphatic rings. The molecule has 1 atom stereocenters. The molecule has 2 heterocycles. The van der Waals surface area contributed by atoms with Gasteiger partial charge in [-0.25, -0.2) is 0 Å². The monoisotopic (exact) mass is 341 g/mol. The van der Waals surface area contributed by atoms with Gasteiger partial charge < -0.3 is 10.0 Å². The van der Waals surface area contributed by atoms with E-state index in [1.54, 1.807) is 13.8 Å². The van der Waals surface area contributed by atoms with Gasteiger partial charge in [0.05, 0.1) is 23.9 Å². The van der Waals surface area contributed by atoms with Gasteiger partial charge in [-0.3, -0.25) is 9.48 Å². The molecule has 1 amide bonds. The molecule has 1 aliphatic heterocycles. The Morgan fingerprint density at radius 3 is 2.52 bits per heavy atom. The third-order valence-electron chi connectivity index (χ3n) is 4.97. The lowest BCUT2D eigenvalue weighted by Gasteiger charge is -2.33. The van der Waals surface area contributed by atoms with Crippen LogP contribution < -0.4 is 0 Å². The molecular formula is C20H27N3O2. The zero-order valence-corrected chi connectivity index (χ0v) is 15.5. The number of aromatic nitrogens is 2. The van der Waals surface area contributed by atoms with E-state index in [4.69, 9.17) is 0 Å². The van der Waals surface area contributed by atoms with Crippen molar-refractivity contribution in [3.63, 3.8) is 0 Å². The van der Waals surface area contributed by atoms with Crippen LogP contribution in [0.15, 0.2) is 30.3 Å². The third kappa shape index (κ3) is 3.76. The van der Waals surface area contributed by atoms with Crippen molar-refractivity contribution in [1.82, 2.24) is 14.7 Å². The van der Waals surface area contributed by atoms with E-state index in [1.807, 2.05) is 47.7 Å². The summed E-state index contributed by atoms with van der Waals surface area (Å²) in [6.45, 7) is 9.00. The molecule has 1 N–H and O–H groups in total. The Morgan fingerprint density at radius 1 is 1.28 bits per heavy atom. The summed E-state index contributed by atoms with van der Waals surface area (Å²) >= 11 is 0. The summed E-state index contributed by atoms with van der Waals surface area (Å²) in [5.74, 6) is 0.00212. The van der Waals surface area contributed by atoms with Crippen LogP contribution in [-0.4, -0.2) is 43.9 Å². The maximum Gasteiger partial charge on any atom is 0.254 e. The molecule has 134 valence electrons. The second-order valence-electron chi connectivity index (χ2n) is 7.59. The summed E-state index contributed by atoms with van der Waals surface area (Å²) in [7, 11) is 0. The van der Waals surface area contributed by atoms with Crippen LogP contribution in [0, 0.1) is 13.8 Å². The molecule has 5 nitrogen and oxygen atoms in total. The van der Waals surface area contributed by atoms with Crippen LogP contribution in [-0.2, 0) is 6.54 Å². The minimum absolute atomic E-state index is 0.00212. The van der Waals surface area contributed by atoms with E-state index < -0.39 is 5.60 Å². The number of aryl methyl sites for hydroxylation is 2. The number of aliphatic hydroxyl groups is 1. The number of rotatable bonds is 4. The Hall–Kier alpha value is -2.14. The quantitative estimate of drug-likeness (QED) is 0.930. The summed E-state index contributed by atoms with van der Waals surface area (Å²) in [5.41, 5.74) is 3.05. The molecule has 25 heavy (non-hydrogen) atoms. The number of benzene rings is 1. The standard InChI is InChI=1S/C20H27N3O2/c1-14-12-15(2)23(21-14)13-16-7-9-17(10-8-16)19(24)22-11-5-6-18(22)20(3,4)25/h7-10,12,18,25H,5-6,11,13H2,1-4H3. The molecule has 1 saturated heterocycles. The van der Waals surface area contributed by atoms with E-state index in [0.29, 0.717) is 18.7 Å². The first-order valence-electron chi connectivity index (χ1n) is 8.89. The zero-order chi connectivity index (χ0) is 18.2. The third-order valence-corrected chi connectivity index (χ3v) is 4.97. The van der Waals surface area contributed by atoms with Gasteiger partial charge in [0.1, 0.15) is 0 Å². The van der Waals surface area contributed by atoms with Gasteiger partial charge in [0.2, 0.25) is 0 Å². The van der Waals surface area contributed by atoms with Crippen molar-refractivity contribution >= 4 is 5.91 Å². The Labute approximate surface area is 149 Å². The van der Waals surface area contributed by atoms with Gasteiger partial charge in [-0.1, -0.05) is 12.1 Å². The first-order chi connectivity index (χ1) is 11.8. The van der Waals surface area contributed by atoms with Crippen molar-refractivity contribution in [2.24, 2.45) is 0 Å². The largest absolute Gasteiger partial charge is 0.388 e. The molecule has 0 radical (unpaired) electrons. The van der Waals surface area contributed by atoms with Crippen molar-refractivity contribution in [3.05, 3.63) is 52.8 Å². The van der Waals surface area contributed by atoms with Gasteiger partial charge in [0.25, 0.3) is 5.91 Å². The van der Waals surface area contributed by atoms with Crippen molar-refractivity contribution < 1.29 is 9.90 Å². The molecule has 1 fully saturated rings. The van der Waals surface area contributed by atoms with Gasteiger partial charge in [-0.2, -0.15) is 5.10 Å². The van der Waals surface area contributed by atoms with Crippen LogP contribution in [0.5, 0.6) is 0 Å². The van der Waals surface area contributed by atoms with Gasteiger partial charge in [0.15, 0.2) is 0 Å². The van der Waals surface area contributed by atoms with E-state index in [0.717, 1.165) is 29.8 Å². The number of hydrogen-bond acceptors (Lipinski definition) is 3. The molecule has 0 saturated carbocycles. The van der Waals surface area contributed by atoms with Gasteiger partial charge in [-0.05, 0) is 64.3 Å². The fraction of sp³-hybridized carbons (Fsp3) is 0.500. The first kappa shape index (κ1) is 17.7. The zero-order valence-electron chi connectivity index (χ0n) is 15.5. The Bertz CT molecular complexity index is 756. The van der Waals surface area contributed by atoms with Crippen molar-refractivity contribution in [2.45, 2.75) is 58.7 Å². The molecular weight excluding hydrogens is 314 g/mol. The van der Waals surface area contributed by atoms with Gasteiger partial charge >= 0.3 is 0 Å². The van der Waals surface area contributed by atoms with E-state index in [-0.39, 0.29) is 11.9 Å². The lowest BCUT2D eigenvalue weighted by Crippen LogP contribution is -2.48. The molecule has 1 unspecified atom stereocenters. The topological polar surface area (TPSA) is 58.4 Å². The second-order valence-corrected chi connectivity index (χ2v) is 7.59. The van der Waals surface area contributed by atoms with Crippen molar-refractivity contribution in [3.8, 4) is 0 Å². The highest BCUT2D eigenvalue weighted by Crippen LogP contribution is 2.28. The molecule has 5 heteroatoms. The summed E-state index contributed by atoms with van der Waals surface area (Å²) in [6.07, 6.45) is 1.79. The number of nitrogens with zero attached hydrogens (tertiary/aromatic N) is 3. The number of likely N-dealkylation sites (tertiary alicyclic amines) is 1. The van der Waals surface area contributed by atoms with E-state index >= 15 is 0 Å². The number of carbonyl (C=O) groups excluding carboxylic acids is 1. The fourth-order valence-corrected chi connectivity index (χ4v) is 3.67. The molecule has 1 aromatic heterocycles. The van der Waals surface area contributed by atoms with Crippen molar-refractivity contribution in [2.75, 3.05) is 6.54 Å². The van der Waals surface area contributed by atoms with Crippen LogP contribution in [0.4, 0.5) is 0 Å². The summed E-state index contributed by atoms with van der Waals surface area (Å²) in [4.78, 5) is 14.6. The van der Waals surface area contributed by atoms with Gasteiger partial charge in [-0.15, -0.1) is 0 Å². The normalized spacial score (nSPS) is 18.0. The maximum absolute atomic E-state index is 12.8. The fourth-order valence-electron chi connectivity index (χ4n) is 3.67. The van der Waals surface area contributed by atoms with E-state index in [9.17, 15) is 9.90 Å². The smallest absolute Gasteiger partial charge is 0.254 e. The van der Waals surface area contributed by atoms with E-state index in [2.05, 4.69) is 11.2 Å². The SMILES string of the molecule is Cc1cc(C)n(Cc2ccc(C(=O)N3CCCC3C(C)(C)O)cc2)n1. The molecule has 0 bridgehead atoms. The highest BCUT2D eigenvalue weighted by Gasteiger charge is 2.38. The average molecular weight is 341 g/mol. The van der Waals surface area contributed by atoms with E-state index in [1.165, 1.54) is 0 Å². The molecule has 1 aromatic carbocycles. The number of hydrogen-bond donors (Lipinski definition) is 1. The minimum atomic E-state index is -0.873. The molecule has 3 rings (SSSR count). The van der Waals surface area contributed by atoms with Crippen LogP contribution in [0.25, 0.3) is 0 Å². The van der Waals surface area contributed by atoms with Crippen LogP contribution in [0.1, 0.15) is 54.0 Å². The molecule has 0 aliphatic carbocycles. The Morgan fingerprint density at radius 2 is 1.96 bits per heavy atom. The summed E-state index contributed by atoms with van der Waals surface area (Å²) < 4.78 is 1.97. The van der Waals surface area contributed by atoms with Crippen LogP contribution in [0.3, 0.4) is 0 Å². The van der Waals surface area contributed by atoms with Gasteiger partial charge in [0, 0.05) is 17.8 Å². The number of amides is 1. The summed E-state index contributed by atoms with van der Waals surface area (Å²) in [6, 6.07) is 9.67. The highest BCUT2D eigenvalue weighted by atomic mass is 16.3. The first-order valence-corrected chi connectivity index (χ1v) is 8.89. The van der Waals surface area contributed by atoms with Crippen LogP contribution >= 0.6 is 0 Å².